The van der Waals surface area contributed by atoms with Crippen LogP contribution in [0, 0.1) is 0 Å². The molecule has 1 rings (SSSR count). The molecule has 0 atom stereocenters. The summed E-state index contributed by atoms with van der Waals surface area (Å²) in [4.78, 5) is 7.24. The number of hydrogen-bond acceptors (Lipinski definition) is 5. The third-order valence-electron chi connectivity index (χ3n) is 1.37. The van der Waals surface area contributed by atoms with Crippen molar-refractivity contribution in [1.82, 2.24) is 9.97 Å². The summed E-state index contributed by atoms with van der Waals surface area (Å²) < 4.78 is 22.3. The lowest BCUT2D eigenvalue weighted by molar-refractivity contribution is 0.596. The lowest BCUT2D eigenvalue weighted by atomic mass is 10.3. The van der Waals surface area contributed by atoms with Crippen LogP contribution < -0.4 is 5.73 Å². The number of halogens is 1. The molecule has 0 amide bonds. The summed E-state index contributed by atoms with van der Waals surface area (Å²) in [6, 6.07) is 0. The molecule has 0 aliphatic heterocycles. The van der Waals surface area contributed by atoms with Gasteiger partial charge in [0.25, 0.3) is 0 Å². The normalized spacial score (nSPS) is 11.6. The molecule has 5 nitrogen and oxygen atoms in total. The largest absolute Gasteiger partial charge is 0.326 e. The second kappa shape index (κ2) is 3.57. The quantitative estimate of drug-likeness (QED) is 0.561. The van der Waals surface area contributed by atoms with Gasteiger partial charge < -0.3 is 5.73 Å². The average molecular weight is 222 g/mol. The number of nitrogens with zero attached hydrogens (tertiary/aromatic N) is 2. The van der Waals surface area contributed by atoms with Crippen molar-refractivity contribution in [2.75, 3.05) is 6.26 Å². The van der Waals surface area contributed by atoms with Gasteiger partial charge in [0.05, 0.1) is 0 Å². The summed E-state index contributed by atoms with van der Waals surface area (Å²) in [5, 5.41) is -0.201. The van der Waals surface area contributed by atoms with E-state index in [0.29, 0.717) is 5.56 Å². The molecule has 0 aromatic carbocycles. The monoisotopic (exact) mass is 221 g/mol. The molecule has 0 fully saturated rings. The fraction of sp³-hybridized carbons (Fsp3) is 0.333. The van der Waals surface area contributed by atoms with Crippen LogP contribution >= 0.6 is 11.6 Å². The van der Waals surface area contributed by atoms with E-state index < -0.39 is 9.84 Å². The summed E-state index contributed by atoms with van der Waals surface area (Å²) >= 11 is 5.45. The highest BCUT2D eigenvalue weighted by Crippen LogP contribution is 2.13. The second-order valence-corrected chi connectivity index (χ2v) is 4.71. The second-order valence-electron chi connectivity index (χ2n) is 2.45. The maximum atomic E-state index is 11.2. The van der Waals surface area contributed by atoms with Crippen LogP contribution in [0.2, 0.25) is 5.28 Å². The minimum atomic E-state index is -3.38. The van der Waals surface area contributed by atoms with E-state index in [4.69, 9.17) is 17.3 Å². The average Bonchev–Trinajstić information content (AvgIpc) is 2.03. The molecule has 0 spiro atoms. The zero-order valence-electron chi connectivity index (χ0n) is 6.86. The molecular formula is C6H8ClN3O2S. The van der Waals surface area contributed by atoms with Crippen LogP contribution in [0.4, 0.5) is 0 Å². The maximum Gasteiger partial charge on any atom is 0.223 e. The van der Waals surface area contributed by atoms with Crippen molar-refractivity contribution in [3.05, 3.63) is 17.0 Å². The molecule has 0 unspecified atom stereocenters. The van der Waals surface area contributed by atoms with Gasteiger partial charge in [0, 0.05) is 24.6 Å². The van der Waals surface area contributed by atoms with E-state index in [9.17, 15) is 8.42 Å². The molecule has 7 heteroatoms. The fourth-order valence-electron chi connectivity index (χ4n) is 0.832. The summed E-state index contributed by atoms with van der Waals surface area (Å²) in [5.74, 6) is 0. The van der Waals surface area contributed by atoms with E-state index in [0.717, 1.165) is 6.26 Å². The molecule has 0 saturated carbocycles. The zero-order valence-corrected chi connectivity index (χ0v) is 8.43. The smallest absolute Gasteiger partial charge is 0.223 e. The minimum Gasteiger partial charge on any atom is -0.326 e. The lowest BCUT2D eigenvalue weighted by Crippen LogP contribution is -2.10. The third-order valence-corrected chi connectivity index (χ3v) is 2.60. The van der Waals surface area contributed by atoms with Crippen LogP contribution in [0.1, 0.15) is 5.56 Å². The molecule has 2 N–H and O–H groups in total. The van der Waals surface area contributed by atoms with E-state index in [1.165, 1.54) is 6.20 Å². The van der Waals surface area contributed by atoms with Crippen molar-refractivity contribution >= 4 is 21.4 Å². The lowest BCUT2D eigenvalue weighted by Gasteiger charge is -2.03. The first kappa shape index (κ1) is 10.4. The van der Waals surface area contributed by atoms with E-state index in [-0.39, 0.29) is 16.9 Å². The Bertz CT molecular complexity index is 418. The van der Waals surface area contributed by atoms with E-state index >= 15 is 0 Å². The van der Waals surface area contributed by atoms with Gasteiger partial charge in [-0.1, -0.05) is 0 Å². The first-order valence-corrected chi connectivity index (χ1v) is 5.63. The summed E-state index contributed by atoms with van der Waals surface area (Å²) in [7, 11) is -3.38. The molecule has 0 aliphatic carbocycles. The Labute approximate surface area is 80.9 Å². The standard InChI is InChI=1S/C6H8ClN3O2S/c1-13(11,12)5-4(2-8)3-9-6(7)10-5/h3H,2,8H2,1H3. The Morgan fingerprint density at radius 1 is 1.62 bits per heavy atom. The molecule has 0 aliphatic rings. The molecule has 1 heterocycles. The van der Waals surface area contributed by atoms with Crippen molar-refractivity contribution in [2.24, 2.45) is 5.73 Å². The summed E-state index contributed by atoms with van der Waals surface area (Å²) in [6.45, 7) is 0.0690. The van der Waals surface area contributed by atoms with E-state index in [1.807, 2.05) is 0 Å². The van der Waals surface area contributed by atoms with Crippen LogP contribution in [0.15, 0.2) is 11.2 Å². The number of sulfone groups is 1. The van der Waals surface area contributed by atoms with E-state index in [1.54, 1.807) is 0 Å². The first-order valence-electron chi connectivity index (χ1n) is 3.36. The molecule has 72 valence electrons. The van der Waals surface area contributed by atoms with Crippen LogP contribution in [-0.2, 0) is 16.4 Å². The fourth-order valence-corrected chi connectivity index (χ4v) is 1.88. The SMILES string of the molecule is CS(=O)(=O)c1nc(Cl)ncc1CN. The topological polar surface area (TPSA) is 85.9 Å². The Hall–Kier alpha value is -0.720. The Morgan fingerprint density at radius 2 is 2.23 bits per heavy atom. The predicted octanol–water partition coefficient (Wildman–Crippen LogP) is -0.00780. The number of nitrogens with two attached hydrogens (primary N) is 1. The summed E-state index contributed by atoms with van der Waals surface area (Å²) in [5.41, 5.74) is 5.68. The predicted molar refractivity (Wildman–Crippen MR) is 48.0 cm³/mol. The maximum absolute atomic E-state index is 11.2. The number of hydrogen-bond donors (Lipinski definition) is 1. The molecule has 0 bridgehead atoms. The van der Waals surface area contributed by atoms with Crippen LogP contribution in [0.3, 0.4) is 0 Å². The van der Waals surface area contributed by atoms with Gasteiger partial charge in [-0.15, -0.1) is 0 Å². The highest BCUT2D eigenvalue weighted by atomic mass is 35.5. The Kier molecular flexibility index (Phi) is 2.84. The first-order chi connectivity index (χ1) is 5.95. The molecule has 1 aromatic rings. The van der Waals surface area contributed by atoms with Gasteiger partial charge in [0.15, 0.2) is 14.9 Å². The molecule has 13 heavy (non-hydrogen) atoms. The van der Waals surface area contributed by atoms with Crippen molar-refractivity contribution in [3.63, 3.8) is 0 Å². The minimum absolute atomic E-state index is 0.0690. The van der Waals surface area contributed by atoms with Gasteiger partial charge in [-0.05, 0) is 11.6 Å². The van der Waals surface area contributed by atoms with Gasteiger partial charge >= 0.3 is 0 Å². The highest BCUT2D eigenvalue weighted by Gasteiger charge is 2.15. The van der Waals surface area contributed by atoms with Gasteiger partial charge in [0.1, 0.15) is 0 Å². The third kappa shape index (κ3) is 2.36. The van der Waals surface area contributed by atoms with Gasteiger partial charge in [0.2, 0.25) is 5.28 Å². The molecule has 0 radical (unpaired) electrons. The van der Waals surface area contributed by atoms with Crippen LogP contribution in [0.5, 0.6) is 0 Å². The zero-order chi connectivity index (χ0) is 10.1. The van der Waals surface area contributed by atoms with Crippen molar-refractivity contribution in [3.8, 4) is 0 Å². The van der Waals surface area contributed by atoms with Gasteiger partial charge in [-0.2, -0.15) is 0 Å². The van der Waals surface area contributed by atoms with Gasteiger partial charge in [-0.25, -0.2) is 18.4 Å². The van der Waals surface area contributed by atoms with Crippen molar-refractivity contribution < 1.29 is 8.42 Å². The Morgan fingerprint density at radius 3 is 2.69 bits per heavy atom. The number of aromatic nitrogens is 2. The van der Waals surface area contributed by atoms with Gasteiger partial charge in [-0.3, -0.25) is 0 Å². The Balaban J connectivity index is 3.41. The van der Waals surface area contributed by atoms with Crippen LogP contribution in [-0.4, -0.2) is 24.6 Å². The van der Waals surface area contributed by atoms with Crippen molar-refractivity contribution in [1.29, 1.82) is 0 Å². The summed E-state index contributed by atoms with van der Waals surface area (Å²) in [6.07, 6.45) is 2.36. The molecule has 1 aromatic heterocycles. The number of rotatable bonds is 2. The van der Waals surface area contributed by atoms with Crippen LogP contribution in [0.25, 0.3) is 0 Å². The molecular weight excluding hydrogens is 214 g/mol. The van der Waals surface area contributed by atoms with E-state index in [2.05, 4.69) is 9.97 Å². The highest BCUT2D eigenvalue weighted by molar-refractivity contribution is 7.90. The molecule has 0 saturated heterocycles. The van der Waals surface area contributed by atoms with Crippen molar-refractivity contribution in [2.45, 2.75) is 11.6 Å².